The first-order valence-electron chi connectivity index (χ1n) is 8.26. The van der Waals surface area contributed by atoms with Gasteiger partial charge in [-0.25, -0.2) is 9.37 Å². The SMILES string of the molecule is COc1cccc(-c2nc(C(=O)NC(C)c3cccc(F)c3)cs2)c1OC. The van der Waals surface area contributed by atoms with Gasteiger partial charge >= 0.3 is 0 Å². The minimum absolute atomic E-state index is 0.295. The summed E-state index contributed by atoms with van der Waals surface area (Å²) in [6, 6.07) is 11.3. The van der Waals surface area contributed by atoms with Crippen LogP contribution in [-0.4, -0.2) is 25.1 Å². The Morgan fingerprint density at radius 3 is 2.67 bits per heavy atom. The lowest BCUT2D eigenvalue weighted by Crippen LogP contribution is -2.26. The van der Waals surface area contributed by atoms with Crippen LogP contribution in [0.1, 0.15) is 29.0 Å². The molecule has 5 nitrogen and oxygen atoms in total. The van der Waals surface area contributed by atoms with Crippen molar-refractivity contribution in [1.29, 1.82) is 0 Å². The number of carbonyl (C=O) groups is 1. The molecule has 0 fully saturated rings. The van der Waals surface area contributed by atoms with Crippen LogP contribution in [0.3, 0.4) is 0 Å². The summed E-state index contributed by atoms with van der Waals surface area (Å²) in [5.74, 6) is 0.496. The molecular weight excluding hydrogens is 367 g/mol. The highest BCUT2D eigenvalue weighted by molar-refractivity contribution is 7.13. The number of halogens is 1. The number of para-hydroxylation sites is 1. The second-order valence-corrected chi connectivity index (χ2v) is 6.69. The average molecular weight is 386 g/mol. The van der Waals surface area contributed by atoms with Crippen molar-refractivity contribution in [2.24, 2.45) is 0 Å². The Morgan fingerprint density at radius 1 is 1.19 bits per heavy atom. The molecule has 0 aliphatic heterocycles. The monoisotopic (exact) mass is 386 g/mol. The van der Waals surface area contributed by atoms with Crippen molar-refractivity contribution in [3.05, 3.63) is 64.9 Å². The molecule has 2 aromatic carbocycles. The summed E-state index contributed by atoms with van der Waals surface area (Å²) in [7, 11) is 3.12. The van der Waals surface area contributed by atoms with Crippen molar-refractivity contribution in [1.82, 2.24) is 10.3 Å². The van der Waals surface area contributed by atoms with Gasteiger partial charge in [-0.05, 0) is 36.8 Å². The summed E-state index contributed by atoms with van der Waals surface area (Å²) in [5.41, 5.74) is 1.73. The van der Waals surface area contributed by atoms with E-state index in [2.05, 4.69) is 10.3 Å². The molecule has 0 spiro atoms. The molecule has 1 aromatic heterocycles. The predicted molar refractivity (Wildman–Crippen MR) is 103 cm³/mol. The van der Waals surface area contributed by atoms with E-state index in [9.17, 15) is 9.18 Å². The zero-order valence-electron chi connectivity index (χ0n) is 15.2. The van der Waals surface area contributed by atoms with Crippen LogP contribution in [0, 0.1) is 5.82 Å². The molecule has 0 aliphatic carbocycles. The number of carbonyl (C=O) groups excluding carboxylic acids is 1. The van der Waals surface area contributed by atoms with Gasteiger partial charge in [0.25, 0.3) is 5.91 Å². The number of hydrogen-bond acceptors (Lipinski definition) is 5. The highest BCUT2D eigenvalue weighted by Gasteiger charge is 2.18. The molecule has 0 saturated carbocycles. The van der Waals surface area contributed by atoms with Crippen molar-refractivity contribution >= 4 is 17.2 Å². The molecule has 140 valence electrons. The van der Waals surface area contributed by atoms with Crippen molar-refractivity contribution in [2.75, 3.05) is 14.2 Å². The number of amides is 1. The Hall–Kier alpha value is -2.93. The van der Waals surface area contributed by atoms with Gasteiger partial charge in [-0.2, -0.15) is 0 Å². The van der Waals surface area contributed by atoms with Crippen LogP contribution in [0.2, 0.25) is 0 Å². The maximum absolute atomic E-state index is 13.4. The number of ether oxygens (including phenoxy) is 2. The van der Waals surface area contributed by atoms with Crippen molar-refractivity contribution < 1.29 is 18.7 Å². The van der Waals surface area contributed by atoms with E-state index in [1.165, 1.54) is 23.5 Å². The van der Waals surface area contributed by atoms with E-state index >= 15 is 0 Å². The van der Waals surface area contributed by atoms with E-state index in [0.717, 1.165) is 5.56 Å². The fourth-order valence-corrected chi connectivity index (χ4v) is 3.51. The summed E-state index contributed by atoms with van der Waals surface area (Å²) < 4.78 is 24.1. The standard InChI is InChI=1S/C20H19FN2O3S/c1-12(13-6-4-7-14(21)10-13)22-19(24)16-11-27-20(23-16)15-8-5-9-17(25-2)18(15)26-3/h4-12H,1-3H3,(H,22,24). The Labute approximate surface area is 160 Å². The number of benzene rings is 2. The Bertz CT molecular complexity index is 958. The van der Waals surface area contributed by atoms with Crippen molar-refractivity contribution in [3.63, 3.8) is 0 Å². The number of nitrogens with zero attached hydrogens (tertiary/aromatic N) is 1. The first-order valence-corrected chi connectivity index (χ1v) is 9.14. The number of thiazole rings is 1. The Kier molecular flexibility index (Phi) is 5.71. The van der Waals surface area contributed by atoms with Crippen molar-refractivity contribution in [3.8, 4) is 22.1 Å². The fraction of sp³-hybridized carbons (Fsp3) is 0.200. The summed E-state index contributed by atoms with van der Waals surface area (Å²) in [5, 5.41) is 5.17. The molecular formula is C20H19FN2O3S. The van der Waals surface area contributed by atoms with Gasteiger partial charge in [0, 0.05) is 5.38 Å². The van der Waals surface area contributed by atoms with Gasteiger partial charge < -0.3 is 14.8 Å². The normalized spacial score (nSPS) is 11.7. The number of nitrogens with one attached hydrogen (secondary N) is 1. The van der Waals surface area contributed by atoms with Gasteiger partial charge in [0.1, 0.15) is 16.5 Å². The number of hydrogen-bond donors (Lipinski definition) is 1. The van der Waals surface area contributed by atoms with Gasteiger partial charge in [-0.3, -0.25) is 4.79 Å². The van der Waals surface area contributed by atoms with Gasteiger partial charge in [-0.1, -0.05) is 18.2 Å². The van der Waals surface area contributed by atoms with E-state index in [4.69, 9.17) is 9.47 Å². The largest absolute Gasteiger partial charge is 0.493 e. The summed E-state index contributed by atoms with van der Waals surface area (Å²) >= 11 is 1.34. The van der Waals surface area contributed by atoms with E-state index in [1.807, 2.05) is 12.1 Å². The maximum atomic E-state index is 13.4. The summed E-state index contributed by atoms with van der Waals surface area (Å²) in [6.45, 7) is 1.80. The molecule has 0 saturated heterocycles. The van der Waals surface area contributed by atoms with Gasteiger partial charge in [-0.15, -0.1) is 11.3 Å². The second-order valence-electron chi connectivity index (χ2n) is 5.83. The van der Waals surface area contributed by atoms with Crippen LogP contribution < -0.4 is 14.8 Å². The highest BCUT2D eigenvalue weighted by atomic mass is 32.1. The maximum Gasteiger partial charge on any atom is 0.271 e. The predicted octanol–water partition coefficient (Wildman–Crippen LogP) is 4.46. The van der Waals surface area contributed by atoms with E-state index in [0.29, 0.717) is 27.8 Å². The molecule has 3 aromatic rings. The summed E-state index contributed by atoms with van der Waals surface area (Å²) in [4.78, 5) is 16.9. The zero-order valence-corrected chi connectivity index (χ0v) is 16.0. The molecule has 27 heavy (non-hydrogen) atoms. The minimum Gasteiger partial charge on any atom is -0.493 e. The Morgan fingerprint density at radius 2 is 1.96 bits per heavy atom. The molecule has 0 aliphatic rings. The third kappa shape index (κ3) is 4.09. The highest BCUT2D eigenvalue weighted by Crippen LogP contribution is 2.39. The van der Waals surface area contributed by atoms with Crippen LogP contribution in [0.5, 0.6) is 11.5 Å². The molecule has 0 bridgehead atoms. The van der Waals surface area contributed by atoms with Crippen molar-refractivity contribution in [2.45, 2.75) is 13.0 Å². The fourth-order valence-electron chi connectivity index (χ4n) is 2.69. The van der Waals surface area contributed by atoms with Gasteiger partial charge in [0.2, 0.25) is 0 Å². The lowest BCUT2D eigenvalue weighted by Gasteiger charge is -2.13. The summed E-state index contributed by atoms with van der Waals surface area (Å²) in [6.07, 6.45) is 0. The van der Waals surface area contributed by atoms with Gasteiger partial charge in [0.15, 0.2) is 11.5 Å². The quantitative estimate of drug-likeness (QED) is 0.680. The van der Waals surface area contributed by atoms with Gasteiger partial charge in [0.05, 0.1) is 25.8 Å². The lowest BCUT2D eigenvalue weighted by atomic mass is 10.1. The molecule has 0 radical (unpaired) electrons. The van der Waals surface area contributed by atoms with E-state index < -0.39 is 0 Å². The first kappa shape index (κ1) is 18.8. The lowest BCUT2D eigenvalue weighted by molar-refractivity contribution is 0.0935. The topological polar surface area (TPSA) is 60.5 Å². The van der Waals surface area contributed by atoms with Crippen LogP contribution in [0.15, 0.2) is 47.8 Å². The molecule has 7 heteroatoms. The molecule has 1 heterocycles. The number of methoxy groups -OCH3 is 2. The van der Waals surface area contributed by atoms with Crippen LogP contribution in [0.4, 0.5) is 4.39 Å². The molecule has 3 rings (SSSR count). The first-order chi connectivity index (χ1) is 13.0. The van der Waals surface area contributed by atoms with E-state index in [1.54, 1.807) is 44.7 Å². The Balaban J connectivity index is 1.81. The molecule has 1 unspecified atom stereocenters. The molecule has 1 N–H and O–H groups in total. The van der Waals surface area contributed by atoms with Crippen LogP contribution in [-0.2, 0) is 0 Å². The second kappa shape index (κ2) is 8.18. The minimum atomic E-state index is -0.343. The molecule has 1 amide bonds. The number of aromatic nitrogens is 1. The van der Waals surface area contributed by atoms with E-state index in [-0.39, 0.29) is 17.8 Å². The van der Waals surface area contributed by atoms with Crippen LogP contribution in [0.25, 0.3) is 10.6 Å². The third-order valence-corrected chi connectivity index (χ3v) is 4.94. The third-order valence-electron chi connectivity index (χ3n) is 4.07. The smallest absolute Gasteiger partial charge is 0.271 e. The zero-order chi connectivity index (χ0) is 19.4. The average Bonchev–Trinajstić information content (AvgIpc) is 3.17. The number of rotatable bonds is 6. The molecule has 1 atom stereocenters. The van der Waals surface area contributed by atoms with Crippen LogP contribution >= 0.6 is 11.3 Å².